The lowest BCUT2D eigenvalue weighted by Gasteiger charge is -2.17. The van der Waals surface area contributed by atoms with Crippen molar-refractivity contribution in [2.75, 3.05) is 7.11 Å². The molecule has 1 heterocycles. The van der Waals surface area contributed by atoms with Gasteiger partial charge in [-0.25, -0.2) is 0 Å². The fourth-order valence-electron chi connectivity index (χ4n) is 2.97. The number of methoxy groups -OCH3 is 1. The highest BCUT2D eigenvalue weighted by Crippen LogP contribution is 2.35. The Bertz CT molecular complexity index is 758. The molecule has 0 aliphatic heterocycles. The fraction of sp³-hybridized carbons (Fsp3) is 0.500. The maximum absolute atomic E-state index is 11.1. The molecule has 8 nitrogen and oxygen atoms in total. The summed E-state index contributed by atoms with van der Waals surface area (Å²) in [5, 5.41) is 15.1. The minimum atomic E-state index is -0.455. The van der Waals surface area contributed by atoms with Gasteiger partial charge in [0.25, 0.3) is 0 Å². The Balaban J connectivity index is 1.59. The molecule has 1 aliphatic rings. The first-order valence-electron chi connectivity index (χ1n) is 8.03. The van der Waals surface area contributed by atoms with E-state index in [0.29, 0.717) is 23.2 Å². The first kappa shape index (κ1) is 17.7. The zero-order valence-electron chi connectivity index (χ0n) is 13.9. The molecule has 0 atom stereocenters. The van der Waals surface area contributed by atoms with Crippen molar-refractivity contribution >= 4 is 17.4 Å². The lowest BCUT2D eigenvalue weighted by Crippen LogP contribution is -2.34. The molecule has 9 heteroatoms. The summed E-state index contributed by atoms with van der Waals surface area (Å²) in [6.45, 7) is 0. The van der Waals surface area contributed by atoms with Gasteiger partial charge in [0.05, 0.1) is 23.3 Å². The summed E-state index contributed by atoms with van der Waals surface area (Å²) >= 11 is 1.55. The maximum atomic E-state index is 11.1. The van der Waals surface area contributed by atoms with Crippen LogP contribution in [0.1, 0.15) is 43.0 Å². The summed E-state index contributed by atoms with van der Waals surface area (Å²) in [5.74, 6) is 2.49. The van der Waals surface area contributed by atoms with E-state index in [1.54, 1.807) is 17.8 Å². The summed E-state index contributed by atoms with van der Waals surface area (Å²) in [4.78, 5) is 15.0. The van der Waals surface area contributed by atoms with Crippen LogP contribution in [0, 0.1) is 10.1 Å². The maximum Gasteiger partial charge on any atom is 0.311 e. The number of hydrogen-bond acceptors (Lipinski definition) is 8. The summed E-state index contributed by atoms with van der Waals surface area (Å²) in [6.07, 6.45) is 3.94. The number of hydrogen-bond donors (Lipinski definition) is 1. The molecule has 0 unspecified atom stereocenters. The van der Waals surface area contributed by atoms with Crippen molar-refractivity contribution < 1.29 is 14.2 Å². The third-order valence-corrected chi connectivity index (χ3v) is 5.33. The van der Waals surface area contributed by atoms with Crippen LogP contribution in [0.4, 0.5) is 5.69 Å². The number of rotatable bonds is 7. The Hall–Kier alpha value is -2.13. The zero-order valence-corrected chi connectivity index (χ0v) is 14.8. The third-order valence-electron chi connectivity index (χ3n) is 4.34. The molecule has 1 aliphatic carbocycles. The standard InChI is InChI=1S/C16H20N4O4S/c1-23-13-5-4-11(8-12(13)20(21)22)9-25-10-14-18-15(19-24-14)16(17)6-2-3-7-16/h4-5,8H,2-3,6-7,9-10,17H2,1H3. The van der Waals surface area contributed by atoms with E-state index < -0.39 is 10.5 Å². The van der Waals surface area contributed by atoms with Crippen LogP contribution in [0.2, 0.25) is 0 Å². The van der Waals surface area contributed by atoms with Gasteiger partial charge in [0.2, 0.25) is 5.89 Å². The van der Waals surface area contributed by atoms with Crippen molar-refractivity contribution in [1.82, 2.24) is 10.1 Å². The molecule has 0 spiro atoms. The zero-order chi connectivity index (χ0) is 17.9. The minimum absolute atomic E-state index is 0.0352. The van der Waals surface area contributed by atoms with Crippen LogP contribution in [0.5, 0.6) is 5.75 Å². The second-order valence-corrected chi connectivity index (χ2v) is 7.12. The van der Waals surface area contributed by atoms with Gasteiger partial charge in [-0.05, 0) is 24.5 Å². The predicted molar refractivity (Wildman–Crippen MR) is 93.3 cm³/mol. The second kappa shape index (κ2) is 7.40. The van der Waals surface area contributed by atoms with Gasteiger partial charge in [-0.1, -0.05) is 24.1 Å². The molecule has 2 N–H and O–H groups in total. The van der Waals surface area contributed by atoms with E-state index in [2.05, 4.69) is 10.1 Å². The van der Waals surface area contributed by atoms with E-state index in [0.717, 1.165) is 31.2 Å². The van der Waals surface area contributed by atoms with E-state index in [1.165, 1.54) is 13.2 Å². The number of aromatic nitrogens is 2. The topological polar surface area (TPSA) is 117 Å². The number of benzene rings is 1. The highest BCUT2D eigenvalue weighted by atomic mass is 32.2. The van der Waals surface area contributed by atoms with Crippen LogP contribution in [0.3, 0.4) is 0 Å². The molecule has 0 radical (unpaired) electrons. The van der Waals surface area contributed by atoms with E-state index in [-0.39, 0.29) is 11.4 Å². The summed E-state index contributed by atoms with van der Waals surface area (Å²) in [6, 6.07) is 4.95. The number of ether oxygens (including phenoxy) is 1. The van der Waals surface area contributed by atoms with Gasteiger partial charge < -0.3 is 15.0 Å². The van der Waals surface area contributed by atoms with Gasteiger partial charge >= 0.3 is 5.69 Å². The lowest BCUT2D eigenvalue weighted by atomic mass is 9.99. The van der Waals surface area contributed by atoms with Crippen LogP contribution in [0.25, 0.3) is 0 Å². The first-order valence-corrected chi connectivity index (χ1v) is 9.18. The van der Waals surface area contributed by atoms with Crippen molar-refractivity contribution in [3.05, 3.63) is 45.6 Å². The quantitative estimate of drug-likeness (QED) is 0.588. The number of nitrogens with zero attached hydrogens (tertiary/aromatic N) is 3. The van der Waals surface area contributed by atoms with Gasteiger partial charge in [0.15, 0.2) is 11.6 Å². The Morgan fingerprint density at radius 2 is 2.16 bits per heavy atom. The van der Waals surface area contributed by atoms with E-state index in [1.807, 2.05) is 6.07 Å². The largest absolute Gasteiger partial charge is 0.490 e. The van der Waals surface area contributed by atoms with Gasteiger partial charge in [0, 0.05) is 11.8 Å². The van der Waals surface area contributed by atoms with Gasteiger partial charge in [-0.3, -0.25) is 10.1 Å². The summed E-state index contributed by atoms with van der Waals surface area (Å²) in [5.41, 5.74) is 6.66. The fourth-order valence-corrected chi connectivity index (χ4v) is 3.78. The summed E-state index contributed by atoms with van der Waals surface area (Å²) < 4.78 is 10.3. The van der Waals surface area contributed by atoms with E-state index >= 15 is 0 Å². The van der Waals surface area contributed by atoms with Crippen molar-refractivity contribution in [1.29, 1.82) is 0 Å². The molecule has 2 aromatic rings. The molecule has 1 aromatic heterocycles. The van der Waals surface area contributed by atoms with Crippen LogP contribution in [-0.4, -0.2) is 22.2 Å². The molecular formula is C16H20N4O4S. The molecule has 25 heavy (non-hydrogen) atoms. The molecule has 1 saturated carbocycles. The minimum Gasteiger partial charge on any atom is -0.490 e. The average Bonchev–Trinajstić information content (AvgIpc) is 3.25. The number of nitro groups is 1. The predicted octanol–water partition coefficient (Wildman–Crippen LogP) is 3.15. The second-order valence-electron chi connectivity index (χ2n) is 6.13. The van der Waals surface area contributed by atoms with Crippen LogP contribution >= 0.6 is 11.8 Å². The molecule has 0 bridgehead atoms. The Labute approximate surface area is 149 Å². The van der Waals surface area contributed by atoms with Crippen molar-refractivity contribution in [3.8, 4) is 5.75 Å². The smallest absolute Gasteiger partial charge is 0.311 e. The molecule has 134 valence electrons. The van der Waals surface area contributed by atoms with Gasteiger partial charge in [-0.15, -0.1) is 11.8 Å². The molecule has 0 amide bonds. The molecular weight excluding hydrogens is 344 g/mol. The average molecular weight is 364 g/mol. The third kappa shape index (κ3) is 3.93. The van der Waals surface area contributed by atoms with Crippen LogP contribution < -0.4 is 10.5 Å². The Morgan fingerprint density at radius 3 is 2.84 bits per heavy atom. The number of nitrogens with two attached hydrogens (primary N) is 1. The normalized spacial score (nSPS) is 16.1. The van der Waals surface area contributed by atoms with Crippen molar-refractivity contribution in [2.45, 2.75) is 42.7 Å². The Kier molecular flexibility index (Phi) is 5.24. The molecule has 1 aromatic carbocycles. The lowest BCUT2D eigenvalue weighted by molar-refractivity contribution is -0.385. The number of nitro benzene ring substituents is 1. The SMILES string of the molecule is COc1ccc(CSCc2nc(C3(N)CCCC3)no2)cc1[N+](=O)[O-]. The van der Waals surface area contributed by atoms with Crippen LogP contribution in [0.15, 0.2) is 22.7 Å². The molecule has 0 saturated heterocycles. The highest BCUT2D eigenvalue weighted by Gasteiger charge is 2.35. The van der Waals surface area contributed by atoms with Gasteiger partial charge in [-0.2, -0.15) is 4.98 Å². The number of thioether (sulfide) groups is 1. The van der Waals surface area contributed by atoms with Gasteiger partial charge in [0.1, 0.15) is 0 Å². The highest BCUT2D eigenvalue weighted by molar-refractivity contribution is 7.97. The monoisotopic (exact) mass is 364 g/mol. The van der Waals surface area contributed by atoms with Crippen molar-refractivity contribution in [3.63, 3.8) is 0 Å². The molecule has 3 rings (SSSR count). The van der Waals surface area contributed by atoms with E-state index in [4.69, 9.17) is 15.0 Å². The Morgan fingerprint density at radius 1 is 1.40 bits per heavy atom. The van der Waals surface area contributed by atoms with Crippen LogP contribution in [-0.2, 0) is 17.0 Å². The molecule has 1 fully saturated rings. The first-order chi connectivity index (χ1) is 12.0. The van der Waals surface area contributed by atoms with Crippen molar-refractivity contribution in [2.24, 2.45) is 5.73 Å². The summed E-state index contributed by atoms with van der Waals surface area (Å²) in [7, 11) is 1.42. The van der Waals surface area contributed by atoms with E-state index in [9.17, 15) is 10.1 Å².